The molecule has 1 aromatic carbocycles. The third kappa shape index (κ3) is 1.79. The van der Waals surface area contributed by atoms with Gasteiger partial charge in [0.1, 0.15) is 12.0 Å². The quantitative estimate of drug-likeness (QED) is 0.759. The average Bonchev–Trinajstić information content (AvgIpc) is 2.43. The Labute approximate surface area is 94.1 Å². The lowest BCUT2D eigenvalue weighted by molar-refractivity contribution is 0.0811. The summed E-state index contributed by atoms with van der Waals surface area (Å²) < 4.78 is 10.5. The number of benzene rings is 1. The highest BCUT2D eigenvalue weighted by Gasteiger charge is 2.22. The summed E-state index contributed by atoms with van der Waals surface area (Å²) in [5, 5.41) is 0. The monoisotopic (exact) mass is 219 g/mol. The molecule has 2 rings (SSSR count). The van der Waals surface area contributed by atoms with E-state index in [2.05, 4.69) is 0 Å². The fourth-order valence-electron chi connectivity index (χ4n) is 1.55. The number of likely N-dealkylation sites (N-methyl/N-ethyl adjacent to an activating group) is 1. The topological polar surface area (TPSA) is 38.8 Å². The minimum atomic E-state index is -0.0867. The van der Waals surface area contributed by atoms with Crippen LogP contribution in [0, 0.1) is 0 Å². The maximum Gasteiger partial charge on any atom is 0.261 e. The second kappa shape index (κ2) is 4.37. The number of ether oxygens (including phenoxy) is 2. The highest BCUT2D eigenvalue weighted by atomic mass is 16.5. The van der Waals surface area contributed by atoms with Gasteiger partial charge in [-0.2, -0.15) is 0 Å². The van der Waals surface area contributed by atoms with Crippen LogP contribution in [0.5, 0.6) is 5.75 Å². The van der Waals surface area contributed by atoms with Crippen LogP contribution in [0.1, 0.15) is 10.4 Å². The summed E-state index contributed by atoms with van der Waals surface area (Å²) in [5.74, 6) is 0.488. The SMILES string of the molecule is COCC1=COc2ccccc2C(=O)N1C. The van der Waals surface area contributed by atoms with Gasteiger partial charge in [-0.15, -0.1) is 0 Å². The molecule has 1 aliphatic heterocycles. The summed E-state index contributed by atoms with van der Waals surface area (Å²) in [6, 6.07) is 7.17. The van der Waals surface area contributed by atoms with E-state index in [1.165, 1.54) is 4.90 Å². The van der Waals surface area contributed by atoms with Gasteiger partial charge < -0.3 is 14.4 Å². The van der Waals surface area contributed by atoms with Crippen LogP contribution >= 0.6 is 0 Å². The van der Waals surface area contributed by atoms with Crippen LogP contribution in [0.25, 0.3) is 0 Å². The second-order valence-corrected chi connectivity index (χ2v) is 3.52. The van der Waals surface area contributed by atoms with E-state index in [0.717, 1.165) is 0 Å². The van der Waals surface area contributed by atoms with E-state index < -0.39 is 0 Å². The lowest BCUT2D eigenvalue weighted by Gasteiger charge is -2.17. The van der Waals surface area contributed by atoms with Gasteiger partial charge in [-0.25, -0.2) is 0 Å². The smallest absolute Gasteiger partial charge is 0.261 e. The Morgan fingerprint density at radius 1 is 1.38 bits per heavy atom. The zero-order valence-corrected chi connectivity index (χ0v) is 9.27. The van der Waals surface area contributed by atoms with Crippen LogP contribution in [0.15, 0.2) is 36.2 Å². The van der Waals surface area contributed by atoms with E-state index in [1.54, 1.807) is 32.6 Å². The Balaban J connectivity index is 2.39. The Morgan fingerprint density at radius 3 is 2.88 bits per heavy atom. The van der Waals surface area contributed by atoms with Crippen molar-refractivity contribution in [1.29, 1.82) is 0 Å². The highest BCUT2D eigenvalue weighted by molar-refractivity contribution is 5.98. The van der Waals surface area contributed by atoms with E-state index in [-0.39, 0.29) is 5.91 Å². The van der Waals surface area contributed by atoms with Gasteiger partial charge in [-0.1, -0.05) is 12.1 Å². The van der Waals surface area contributed by atoms with Crippen molar-refractivity contribution < 1.29 is 14.3 Å². The molecule has 16 heavy (non-hydrogen) atoms. The predicted molar refractivity (Wildman–Crippen MR) is 59.1 cm³/mol. The van der Waals surface area contributed by atoms with Crippen molar-refractivity contribution in [2.45, 2.75) is 0 Å². The van der Waals surface area contributed by atoms with Gasteiger partial charge in [0.15, 0.2) is 0 Å². The van der Waals surface area contributed by atoms with Gasteiger partial charge in [0.25, 0.3) is 5.91 Å². The molecule has 1 aromatic rings. The van der Waals surface area contributed by atoms with Crippen LogP contribution in [-0.2, 0) is 4.74 Å². The van der Waals surface area contributed by atoms with E-state index in [9.17, 15) is 4.79 Å². The van der Waals surface area contributed by atoms with Crippen LogP contribution in [-0.4, -0.2) is 31.6 Å². The van der Waals surface area contributed by atoms with Crippen molar-refractivity contribution in [3.63, 3.8) is 0 Å². The third-order valence-electron chi connectivity index (χ3n) is 2.47. The number of nitrogens with zero attached hydrogens (tertiary/aromatic N) is 1. The first-order valence-electron chi connectivity index (χ1n) is 4.95. The molecule has 0 saturated heterocycles. The van der Waals surface area contributed by atoms with Crippen molar-refractivity contribution in [3.8, 4) is 5.75 Å². The first kappa shape index (κ1) is 10.7. The molecule has 4 heteroatoms. The van der Waals surface area contributed by atoms with Crippen LogP contribution in [0.2, 0.25) is 0 Å². The molecule has 1 amide bonds. The van der Waals surface area contributed by atoms with Crippen molar-refractivity contribution in [3.05, 3.63) is 41.8 Å². The standard InChI is InChI=1S/C12H13NO3/c1-13-9(7-15-2)8-16-11-6-4-3-5-10(11)12(13)14/h3-6,8H,7H2,1-2H3. The van der Waals surface area contributed by atoms with Gasteiger partial charge in [-0.3, -0.25) is 4.79 Å². The molecule has 0 spiro atoms. The van der Waals surface area contributed by atoms with Crippen LogP contribution < -0.4 is 4.74 Å². The fourth-order valence-corrected chi connectivity index (χ4v) is 1.55. The van der Waals surface area contributed by atoms with Crippen molar-refractivity contribution in [2.75, 3.05) is 20.8 Å². The molecule has 84 valence electrons. The number of methoxy groups -OCH3 is 1. The maximum absolute atomic E-state index is 12.1. The Morgan fingerprint density at radius 2 is 2.12 bits per heavy atom. The highest BCUT2D eigenvalue weighted by Crippen LogP contribution is 2.24. The lowest BCUT2D eigenvalue weighted by Crippen LogP contribution is -2.27. The fraction of sp³-hybridized carbons (Fsp3) is 0.250. The molecule has 0 atom stereocenters. The molecule has 1 heterocycles. The number of carbonyl (C=O) groups excluding carboxylic acids is 1. The zero-order valence-electron chi connectivity index (χ0n) is 9.27. The Kier molecular flexibility index (Phi) is 2.92. The van der Waals surface area contributed by atoms with E-state index >= 15 is 0 Å². The average molecular weight is 219 g/mol. The Bertz CT molecular complexity index is 440. The number of rotatable bonds is 2. The van der Waals surface area contributed by atoms with Gasteiger partial charge in [-0.05, 0) is 12.1 Å². The van der Waals surface area contributed by atoms with Gasteiger partial charge in [0, 0.05) is 14.2 Å². The molecule has 0 radical (unpaired) electrons. The zero-order chi connectivity index (χ0) is 11.5. The lowest BCUT2D eigenvalue weighted by atomic mass is 10.2. The number of amides is 1. The molecule has 0 fully saturated rings. The molecule has 0 aromatic heterocycles. The summed E-state index contributed by atoms with van der Waals surface area (Å²) in [4.78, 5) is 13.6. The van der Waals surface area contributed by atoms with E-state index in [4.69, 9.17) is 9.47 Å². The van der Waals surface area contributed by atoms with Gasteiger partial charge in [0.2, 0.25) is 0 Å². The maximum atomic E-state index is 12.1. The molecule has 0 N–H and O–H groups in total. The van der Waals surface area contributed by atoms with Crippen LogP contribution in [0.3, 0.4) is 0 Å². The molecular formula is C12H13NO3. The normalized spacial score (nSPS) is 15.0. The van der Waals surface area contributed by atoms with Crippen molar-refractivity contribution >= 4 is 5.91 Å². The summed E-state index contributed by atoms with van der Waals surface area (Å²) in [7, 11) is 3.29. The van der Waals surface area contributed by atoms with E-state index in [1.807, 2.05) is 12.1 Å². The molecular weight excluding hydrogens is 206 g/mol. The number of hydrogen-bond donors (Lipinski definition) is 0. The molecule has 0 aliphatic carbocycles. The van der Waals surface area contributed by atoms with Gasteiger partial charge in [0.05, 0.1) is 17.9 Å². The Hall–Kier alpha value is -1.81. The summed E-state index contributed by atoms with van der Waals surface area (Å²) in [5.41, 5.74) is 1.26. The second-order valence-electron chi connectivity index (χ2n) is 3.52. The van der Waals surface area contributed by atoms with E-state index in [0.29, 0.717) is 23.6 Å². The molecule has 1 aliphatic rings. The third-order valence-corrected chi connectivity index (χ3v) is 2.47. The first-order chi connectivity index (χ1) is 7.74. The first-order valence-corrected chi connectivity index (χ1v) is 4.95. The number of fused-ring (bicyclic) bond motifs is 1. The van der Waals surface area contributed by atoms with Crippen LogP contribution in [0.4, 0.5) is 0 Å². The minimum absolute atomic E-state index is 0.0867. The largest absolute Gasteiger partial charge is 0.462 e. The number of carbonyl (C=O) groups is 1. The van der Waals surface area contributed by atoms with Crippen molar-refractivity contribution in [1.82, 2.24) is 4.90 Å². The predicted octanol–water partition coefficient (Wildman–Crippen LogP) is 1.64. The molecule has 0 unspecified atom stereocenters. The minimum Gasteiger partial charge on any atom is -0.462 e. The molecule has 0 bridgehead atoms. The number of hydrogen-bond acceptors (Lipinski definition) is 3. The molecule has 0 saturated carbocycles. The molecule has 4 nitrogen and oxygen atoms in total. The summed E-state index contributed by atoms with van der Waals surface area (Å²) in [6.07, 6.45) is 1.55. The summed E-state index contributed by atoms with van der Waals surface area (Å²) >= 11 is 0. The van der Waals surface area contributed by atoms with Crippen molar-refractivity contribution in [2.24, 2.45) is 0 Å². The number of para-hydroxylation sites is 1. The summed E-state index contributed by atoms with van der Waals surface area (Å²) in [6.45, 7) is 0.343. The van der Waals surface area contributed by atoms with Gasteiger partial charge >= 0.3 is 0 Å².